The molecule has 4 aromatic rings. The van der Waals surface area contributed by atoms with Gasteiger partial charge in [0.15, 0.2) is 0 Å². The van der Waals surface area contributed by atoms with E-state index in [0.29, 0.717) is 53.0 Å². The number of rotatable bonds is 9. The van der Waals surface area contributed by atoms with E-state index in [2.05, 4.69) is 25.5 Å². The molecule has 0 spiro atoms. The smallest absolute Gasteiger partial charge is 0.316 e. The summed E-state index contributed by atoms with van der Waals surface area (Å²) in [5.74, 6) is -3.64. The first-order valence-electron chi connectivity index (χ1n) is 16.8. The number of fused-ring (bicyclic) bond motifs is 2. The van der Waals surface area contributed by atoms with E-state index in [-0.39, 0.29) is 41.0 Å². The largest absolute Gasteiger partial charge is 0.467 e. The maximum Gasteiger partial charge on any atom is 0.316 e. The Kier molecular flexibility index (Phi) is 9.53. The highest BCUT2D eigenvalue weighted by atomic mass is 35.5. The minimum Gasteiger partial charge on any atom is -0.467 e. The molecule has 2 saturated heterocycles. The number of methoxy groups -OCH3 is 1. The molecule has 3 aliphatic heterocycles. The fraction of sp³-hybridized carbons (Fsp3) is 0.270. The van der Waals surface area contributed by atoms with Crippen molar-refractivity contribution in [3.63, 3.8) is 0 Å². The highest BCUT2D eigenvalue weighted by molar-refractivity contribution is 6.31. The van der Waals surface area contributed by atoms with Crippen LogP contribution in [0.2, 0.25) is 5.02 Å². The number of halogens is 2. The van der Waals surface area contributed by atoms with E-state index in [9.17, 15) is 28.4 Å². The van der Waals surface area contributed by atoms with Crippen molar-refractivity contribution in [2.45, 2.75) is 38.0 Å². The van der Waals surface area contributed by atoms with E-state index in [4.69, 9.17) is 22.1 Å². The lowest BCUT2D eigenvalue weighted by molar-refractivity contribution is -0.136. The molecule has 3 aliphatic rings. The lowest BCUT2D eigenvalue weighted by Gasteiger charge is -2.44. The Morgan fingerprint density at radius 2 is 1.89 bits per heavy atom. The van der Waals surface area contributed by atoms with Gasteiger partial charge in [-0.15, -0.1) is 0 Å². The second-order valence-corrected chi connectivity index (χ2v) is 13.4. The SMILES string of the molecule is COc1ncc2cc(-c3ccc(N4CCN(C(C=CC(N)=O)Nc5ccc(F)c(Cl)c5)C(C)C4)c4c3C(=O)N(C3CCC(=O)NC3=O)C4=O)ccc2n1. The predicted octanol–water partition coefficient (Wildman–Crippen LogP) is 3.49. The van der Waals surface area contributed by atoms with Crippen LogP contribution >= 0.6 is 11.6 Å². The molecule has 14 nitrogen and oxygen atoms in total. The first kappa shape index (κ1) is 35.5. The van der Waals surface area contributed by atoms with E-state index in [0.717, 1.165) is 4.90 Å². The van der Waals surface area contributed by atoms with Crippen molar-refractivity contribution in [2.24, 2.45) is 5.73 Å². The lowest BCUT2D eigenvalue weighted by Crippen LogP contribution is -2.57. The van der Waals surface area contributed by atoms with Gasteiger partial charge in [-0.2, -0.15) is 4.98 Å². The number of piperidine rings is 1. The Balaban J connectivity index is 1.24. The second kappa shape index (κ2) is 14.2. The van der Waals surface area contributed by atoms with Gasteiger partial charge in [0, 0.05) is 55.4 Å². The van der Waals surface area contributed by atoms with Crippen molar-refractivity contribution >= 4 is 63.4 Å². The number of benzene rings is 3. The van der Waals surface area contributed by atoms with Crippen molar-refractivity contribution in [1.29, 1.82) is 0 Å². The standard InChI is InChI=1S/C37H34ClFN8O6/c1-19-18-45(13-14-46(19)30(11-10-29(40)48)42-22-4-6-25(39)24(38)16-22)27-8-5-23(20-3-7-26-21(15-20)17-41-37(43-26)53-2)32-33(27)36(52)47(35(32)51)28-9-12-31(49)44-34(28)50/h3-8,10-11,15-17,19,28,30,42H,9,12-14,18H2,1-2H3,(H2,40,48)(H,44,49,50). The molecule has 0 saturated carbocycles. The molecular weight excluding hydrogens is 707 g/mol. The molecule has 16 heteroatoms. The zero-order chi connectivity index (χ0) is 37.6. The molecule has 1 aromatic heterocycles. The predicted molar refractivity (Wildman–Crippen MR) is 194 cm³/mol. The molecule has 4 heterocycles. The van der Waals surface area contributed by atoms with Crippen molar-refractivity contribution in [3.8, 4) is 17.1 Å². The highest BCUT2D eigenvalue weighted by Gasteiger charge is 2.48. The van der Waals surface area contributed by atoms with Crippen LogP contribution in [0.5, 0.6) is 6.01 Å². The number of aromatic nitrogens is 2. The Bertz CT molecular complexity index is 2230. The molecular formula is C37H34ClFN8O6. The summed E-state index contributed by atoms with van der Waals surface area (Å²) in [6, 6.07) is 12.0. The average Bonchev–Trinajstić information content (AvgIpc) is 3.40. The third kappa shape index (κ3) is 6.76. The van der Waals surface area contributed by atoms with Crippen LogP contribution in [-0.4, -0.2) is 94.3 Å². The van der Waals surface area contributed by atoms with Crippen LogP contribution in [0.15, 0.2) is 66.9 Å². The highest BCUT2D eigenvalue weighted by Crippen LogP contribution is 2.41. The molecule has 3 atom stereocenters. The minimum atomic E-state index is -1.15. The number of nitrogens with zero attached hydrogens (tertiary/aromatic N) is 5. The van der Waals surface area contributed by atoms with E-state index >= 15 is 0 Å². The zero-order valence-electron chi connectivity index (χ0n) is 28.6. The minimum absolute atomic E-state index is 0.0120. The van der Waals surface area contributed by atoms with Crippen molar-refractivity contribution in [3.05, 3.63) is 88.8 Å². The van der Waals surface area contributed by atoms with Crippen LogP contribution in [-0.2, 0) is 14.4 Å². The Morgan fingerprint density at radius 1 is 1.09 bits per heavy atom. The zero-order valence-corrected chi connectivity index (χ0v) is 29.4. The summed E-state index contributed by atoms with van der Waals surface area (Å²) < 4.78 is 19.0. The summed E-state index contributed by atoms with van der Waals surface area (Å²) >= 11 is 6.03. The third-order valence-electron chi connectivity index (χ3n) is 9.68. The molecule has 0 radical (unpaired) electrons. The topological polar surface area (TPSA) is 180 Å². The van der Waals surface area contributed by atoms with Crippen LogP contribution in [0.25, 0.3) is 22.0 Å². The molecule has 3 unspecified atom stereocenters. The number of imide groups is 2. The number of amides is 5. The van der Waals surface area contributed by atoms with E-state index in [1.807, 2.05) is 17.9 Å². The van der Waals surface area contributed by atoms with Crippen molar-refractivity contribution in [1.82, 2.24) is 25.1 Å². The number of anilines is 2. The van der Waals surface area contributed by atoms with Gasteiger partial charge in [0.1, 0.15) is 11.9 Å². The van der Waals surface area contributed by atoms with Crippen LogP contribution in [0.3, 0.4) is 0 Å². The maximum atomic E-state index is 14.4. The van der Waals surface area contributed by atoms with Crippen LogP contribution in [0.1, 0.15) is 40.5 Å². The molecule has 272 valence electrons. The normalized spacial score (nSPS) is 19.8. The van der Waals surface area contributed by atoms with Gasteiger partial charge in [-0.1, -0.05) is 23.7 Å². The average molecular weight is 741 g/mol. The molecule has 2 fully saturated rings. The van der Waals surface area contributed by atoms with Gasteiger partial charge in [0.2, 0.25) is 17.7 Å². The molecule has 0 aliphatic carbocycles. The van der Waals surface area contributed by atoms with Gasteiger partial charge in [-0.05, 0) is 66.9 Å². The number of piperazine rings is 1. The number of nitrogens with two attached hydrogens (primary N) is 1. The number of hydrogen-bond acceptors (Lipinski definition) is 11. The van der Waals surface area contributed by atoms with Crippen molar-refractivity contribution < 1.29 is 33.1 Å². The number of nitrogens with one attached hydrogen (secondary N) is 2. The quantitative estimate of drug-likeness (QED) is 0.169. The van der Waals surface area contributed by atoms with Gasteiger partial charge in [0.05, 0.1) is 40.6 Å². The lowest BCUT2D eigenvalue weighted by atomic mass is 9.93. The summed E-state index contributed by atoms with van der Waals surface area (Å²) in [6.45, 7) is 3.20. The molecule has 5 amide bonds. The Morgan fingerprint density at radius 3 is 2.60 bits per heavy atom. The fourth-order valence-electron chi connectivity index (χ4n) is 7.15. The number of hydrogen-bond donors (Lipinski definition) is 3. The van der Waals surface area contributed by atoms with Gasteiger partial charge < -0.3 is 20.7 Å². The summed E-state index contributed by atoms with van der Waals surface area (Å²) in [5, 5.41) is 6.16. The first-order valence-corrected chi connectivity index (χ1v) is 17.2. The fourth-order valence-corrected chi connectivity index (χ4v) is 7.33. The van der Waals surface area contributed by atoms with Crippen LogP contribution < -0.4 is 26.0 Å². The number of primary amides is 1. The molecule has 7 rings (SSSR count). The summed E-state index contributed by atoms with van der Waals surface area (Å²) in [4.78, 5) is 79.0. The van der Waals surface area contributed by atoms with E-state index in [1.54, 1.807) is 36.5 Å². The molecule has 53 heavy (non-hydrogen) atoms. The Hall–Kier alpha value is -5.93. The molecule has 4 N–H and O–H groups in total. The van der Waals surface area contributed by atoms with Gasteiger partial charge in [-0.3, -0.25) is 39.1 Å². The van der Waals surface area contributed by atoms with Gasteiger partial charge >= 0.3 is 6.01 Å². The second-order valence-electron chi connectivity index (χ2n) is 13.0. The third-order valence-corrected chi connectivity index (χ3v) is 9.97. The Labute approximate surface area is 307 Å². The summed E-state index contributed by atoms with van der Waals surface area (Å²) in [7, 11) is 1.47. The first-order chi connectivity index (χ1) is 25.4. The summed E-state index contributed by atoms with van der Waals surface area (Å²) in [5.41, 5.74) is 8.51. The van der Waals surface area contributed by atoms with Gasteiger partial charge in [-0.25, -0.2) is 9.37 Å². The number of ether oxygens (including phenoxy) is 1. The maximum absolute atomic E-state index is 14.4. The number of carbonyl (C=O) groups is 5. The monoisotopic (exact) mass is 740 g/mol. The van der Waals surface area contributed by atoms with E-state index in [1.165, 1.54) is 31.4 Å². The molecule has 0 bridgehead atoms. The number of carbonyl (C=O) groups excluding carboxylic acids is 5. The molecule has 3 aromatic carbocycles. The van der Waals surface area contributed by atoms with Crippen molar-refractivity contribution in [2.75, 3.05) is 37.0 Å². The van der Waals surface area contributed by atoms with Crippen LogP contribution in [0, 0.1) is 5.82 Å². The summed E-state index contributed by atoms with van der Waals surface area (Å²) in [6.07, 6.45) is 3.92. The van der Waals surface area contributed by atoms with Gasteiger partial charge in [0.25, 0.3) is 11.8 Å². The van der Waals surface area contributed by atoms with E-state index < -0.39 is 47.6 Å². The van der Waals surface area contributed by atoms with Crippen LogP contribution in [0.4, 0.5) is 15.8 Å².